The van der Waals surface area contributed by atoms with E-state index in [1.54, 1.807) is 4.57 Å². The van der Waals surface area contributed by atoms with Crippen molar-refractivity contribution in [1.29, 1.82) is 0 Å². The van der Waals surface area contributed by atoms with E-state index in [0.29, 0.717) is 24.0 Å². The van der Waals surface area contributed by atoms with Gasteiger partial charge in [0.25, 0.3) is 11.5 Å². The Bertz CT molecular complexity index is 1160. The van der Waals surface area contributed by atoms with Gasteiger partial charge in [0.1, 0.15) is 11.3 Å². The molecule has 2 aromatic heterocycles. The third kappa shape index (κ3) is 3.53. The number of thiazole rings is 1. The van der Waals surface area contributed by atoms with E-state index < -0.39 is 5.91 Å². The van der Waals surface area contributed by atoms with Gasteiger partial charge in [-0.3, -0.25) is 14.9 Å². The zero-order valence-electron chi connectivity index (χ0n) is 20.2. The summed E-state index contributed by atoms with van der Waals surface area (Å²) in [5.41, 5.74) is 2.45. The number of hydrogen-bond donors (Lipinski definition) is 2. The summed E-state index contributed by atoms with van der Waals surface area (Å²) in [5, 5.41) is 16.6. The van der Waals surface area contributed by atoms with Crippen LogP contribution in [0.3, 0.4) is 0 Å². The second-order valence-electron chi connectivity index (χ2n) is 11.6. The molecule has 7 rings (SSSR count). The van der Waals surface area contributed by atoms with Crippen molar-refractivity contribution in [2.45, 2.75) is 90.0 Å². The lowest BCUT2D eigenvalue weighted by atomic mass is 9.49. The summed E-state index contributed by atoms with van der Waals surface area (Å²) in [6.45, 7) is 4.74. The lowest BCUT2D eigenvalue weighted by Gasteiger charge is -2.56. The Morgan fingerprint density at radius 3 is 2.56 bits per heavy atom. The first-order valence-corrected chi connectivity index (χ1v) is 14.0. The fraction of sp³-hybridized carbons (Fsp3) is 0.667. The highest BCUT2D eigenvalue weighted by atomic mass is 32.1. The van der Waals surface area contributed by atoms with Crippen LogP contribution in [-0.4, -0.2) is 20.6 Å². The Labute approximate surface area is 204 Å². The van der Waals surface area contributed by atoms with Gasteiger partial charge >= 0.3 is 0 Å². The van der Waals surface area contributed by atoms with Gasteiger partial charge < -0.3 is 9.67 Å². The first kappa shape index (κ1) is 22.3. The summed E-state index contributed by atoms with van der Waals surface area (Å²) in [7, 11) is 0. The zero-order chi connectivity index (χ0) is 23.6. The van der Waals surface area contributed by atoms with E-state index in [1.807, 2.05) is 6.92 Å². The number of carbonyl (C=O) groups excluding carboxylic acids is 1. The summed E-state index contributed by atoms with van der Waals surface area (Å²) >= 11 is 1.44. The molecule has 1 amide bonds. The second kappa shape index (κ2) is 8.21. The van der Waals surface area contributed by atoms with Crippen LogP contribution in [0.5, 0.6) is 5.75 Å². The number of rotatable bonds is 5. The van der Waals surface area contributed by atoms with E-state index in [0.717, 1.165) is 54.0 Å². The fourth-order valence-corrected chi connectivity index (χ4v) is 8.80. The molecule has 0 radical (unpaired) electrons. The van der Waals surface area contributed by atoms with Crippen LogP contribution in [0.1, 0.15) is 92.5 Å². The van der Waals surface area contributed by atoms with Crippen molar-refractivity contribution in [2.75, 3.05) is 5.32 Å². The largest absolute Gasteiger partial charge is 0.507 e. The van der Waals surface area contributed by atoms with Crippen LogP contribution in [0, 0.1) is 23.7 Å². The SMILES string of the molecule is CCCn1c2c(c(O)c(C(=O)Nc3nc(C45CC6CC(CC(C6)C4)C5)cs3)c1=O)CC(C)CC2. The number of carbonyl (C=O) groups is 1. The Morgan fingerprint density at radius 2 is 1.91 bits per heavy atom. The lowest BCUT2D eigenvalue weighted by molar-refractivity contribution is -0.00688. The summed E-state index contributed by atoms with van der Waals surface area (Å²) in [6.07, 6.45) is 11.1. The Kier molecular flexibility index (Phi) is 5.39. The van der Waals surface area contributed by atoms with E-state index in [-0.39, 0.29) is 22.3 Å². The maximum Gasteiger partial charge on any atom is 0.267 e. The molecule has 0 aromatic carbocycles. The van der Waals surface area contributed by atoms with Crippen LogP contribution in [0.4, 0.5) is 5.13 Å². The van der Waals surface area contributed by atoms with Crippen molar-refractivity contribution in [1.82, 2.24) is 9.55 Å². The Morgan fingerprint density at radius 1 is 1.24 bits per heavy atom. The summed E-state index contributed by atoms with van der Waals surface area (Å²) in [4.78, 5) is 31.5. The molecule has 0 saturated heterocycles. The average Bonchev–Trinajstić information content (AvgIpc) is 3.25. The van der Waals surface area contributed by atoms with Crippen molar-refractivity contribution in [3.05, 3.63) is 38.2 Å². The van der Waals surface area contributed by atoms with Crippen LogP contribution in [0.25, 0.3) is 0 Å². The van der Waals surface area contributed by atoms with E-state index in [2.05, 4.69) is 17.6 Å². The van der Waals surface area contributed by atoms with Gasteiger partial charge in [-0.15, -0.1) is 11.3 Å². The lowest BCUT2D eigenvalue weighted by Crippen LogP contribution is -2.48. The summed E-state index contributed by atoms with van der Waals surface area (Å²) < 4.78 is 1.72. The van der Waals surface area contributed by atoms with Gasteiger partial charge in [0, 0.05) is 28.6 Å². The van der Waals surface area contributed by atoms with Crippen molar-refractivity contribution in [3.63, 3.8) is 0 Å². The van der Waals surface area contributed by atoms with Crippen molar-refractivity contribution >= 4 is 22.4 Å². The number of aromatic hydroxyl groups is 1. The molecule has 2 heterocycles. The monoisotopic (exact) mass is 481 g/mol. The molecule has 34 heavy (non-hydrogen) atoms. The number of hydrogen-bond acceptors (Lipinski definition) is 5. The number of fused-ring (bicyclic) bond motifs is 1. The molecule has 4 fully saturated rings. The van der Waals surface area contributed by atoms with Crippen LogP contribution in [-0.2, 0) is 24.8 Å². The molecule has 4 bridgehead atoms. The smallest absolute Gasteiger partial charge is 0.267 e. The van der Waals surface area contributed by atoms with E-state index in [1.165, 1.54) is 49.9 Å². The van der Waals surface area contributed by atoms with Crippen LogP contribution < -0.4 is 10.9 Å². The maximum atomic E-state index is 13.3. The van der Waals surface area contributed by atoms with Crippen molar-refractivity contribution in [2.24, 2.45) is 23.7 Å². The minimum Gasteiger partial charge on any atom is -0.507 e. The van der Waals surface area contributed by atoms with Gasteiger partial charge in [-0.25, -0.2) is 4.98 Å². The molecule has 7 heteroatoms. The van der Waals surface area contributed by atoms with Gasteiger partial charge in [-0.1, -0.05) is 13.8 Å². The van der Waals surface area contributed by atoms with E-state index >= 15 is 0 Å². The minimum atomic E-state index is -0.542. The molecule has 5 aliphatic carbocycles. The molecule has 1 atom stereocenters. The summed E-state index contributed by atoms with van der Waals surface area (Å²) in [6, 6.07) is 0. The molecule has 1 unspecified atom stereocenters. The van der Waals surface area contributed by atoms with Crippen molar-refractivity contribution < 1.29 is 9.90 Å². The number of pyridine rings is 1. The summed E-state index contributed by atoms with van der Waals surface area (Å²) in [5.74, 6) is 2.24. The predicted molar refractivity (Wildman–Crippen MR) is 134 cm³/mol. The third-order valence-electron chi connectivity index (χ3n) is 9.06. The normalized spacial score (nSPS) is 31.5. The number of amides is 1. The first-order valence-electron chi connectivity index (χ1n) is 13.1. The van der Waals surface area contributed by atoms with Gasteiger partial charge in [-0.05, 0) is 87.9 Å². The molecular formula is C27H35N3O3S. The van der Waals surface area contributed by atoms with E-state index in [4.69, 9.17) is 4.98 Å². The van der Waals surface area contributed by atoms with Gasteiger partial charge in [0.15, 0.2) is 5.13 Å². The number of aromatic nitrogens is 2. The molecule has 0 aliphatic heterocycles. The second-order valence-corrected chi connectivity index (χ2v) is 12.5. The number of nitrogens with one attached hydrogen (secondary N) is 1. The van der Waals surface area contributed by atoms with Gasteiger partial charge in [-0.2, -0.15) is 0 Å². The first-order chi connectivity index (χ1) is 16.4. The maximum absolute atomic E-state index is 13.3. The zero-order valence-corrected chi connectivity index (χ0v) is 21.0. The third-order valence-corrected chi connectivity index (χ3v) is 9.82. The highest BCUT2D eigenvalue weighted by Crippen LogP contribution is 2.60. The van der Waals surface area contributed by atoms with Crippen molar-refractivity contribution in [3.8, 4) is 5.75 Å². The molecule has 182 valence electrons. The van der Waals surface area contributed by atoms with Gasteiger partial charge in [0.05, 0.1) is 5.69 Å². The van der Waals surface area contributed by atoms with Crippen LogP contribution in [0.15, 0.2) is 10.2 Å². The molecule has 2 N–H and O–H groups in total. The van der Waals surface area contributed by atoms with Crippen LogP contribution >= 0.6 is 11.3 Å². The quantitative estimate of drug-likeness (QED) is 0.610. The standard InChI is InChI=1S/C27H35N3O3S/c1-3-6-30-20-5-4-15(2)7-19(20)23(31)22(25(30)33)24(32)29-26-28-21(14-34-26)27-11-16-8-17(12-27)10-18(9-16)13-27/h14-18,31H,3-13H2,1-2H3,(H,28,29,32). The van der Waals surface area contributed by atoms with Gasteiger partial charge in [0.2, 0.25) is 0 Å². The average molecular weight is 482 g/mol. The molecule has 2 aromatic rings. The molecule has 6 nitrogen and oxygen atoms in total. The predicted octanol–water partition coefficient (Wildman–Crippen LogP) is 5.27. The highest BCUT2D eigenvalue weighted by molar-refractivity contribution is 7.14. The van der Waals surface area contributed by atoms with Crippen LogP contribution in [0.2, 0.25) is 0 Å². The minimum absolute atomic E-state index is 0.130. The Hall–Kier alpha value is -2.15. The van der Waals surface area contributed by atoms with E-state index in [9.17, 15) is 14.7 Å². The molecular weight excluding hydrogens is 446 g/mol. The highest BCUT2D eigenvalue weighted by Gasteiger charge is 2.52. The molecule has 5 aliphatic rings. The number of anilines is 1. The molecule has 0 spiro atoms. The number of nitrogens with zero attached hydrogens (tertiary/aromatic N) is 2. The topological polar surface area (TPSA) is 84.2 Å². The molecule has 4 saturated carbocycles. The Balaban J connectivity index is 1.30. The fourth-order valence-electron chi connectivity index (χ4n) is 7.97.